The van der Waals surface area contributed by atoms with Gasteiger partial charge in [0.05, 0.1) is 0 Å². The molecule has 0 aliphatic rings. The topological polar surface area (TPSA) is 46.6 Å². The molecule has 0 bridgehead atoms. The van der Waals surface area contributed by atoms with Crippen molar-refractivity contribution in [1.82, 2.24) is 4.31 Å². The Morgan fingerprint density at radius 3 is 2.21 bits per heavy atom. The third-order valence-corrected chi connectivity index (χ3v) is 5.43. The van der Waals surface area contributed by atoms with Gasteiger partial charge in [0.2, 0.25) is 10.0 Å². The minimum Gasteiger partial charge on any atom is -0.433 e. The molecule has 0 saturated carbocycles. The lowest BCUT2D eigenvalue weighted by Crippen LogP contribution is -2.27. The van der Waals surface area contributed by atoms with Gasteiger partial charge in [-0.1, -0.05) is 43.3 Å². The summed E-state index contributed by atoms with van der Waals surface area (Å²) in [5.74, 6) is -0.360. The van der Waals surface area contributed by atoms with Gasteiger partial charge in [-0.05, 0) is 29.7 Å². The number of para-hydroxylation sites is 1. The van der Waals surface area contributed by atoms with E-state index in [9.17, 15) is 17.2 Å². The molecular weight excluding hydrogens is 336 g/mol. The van der Waals surface area contributed by atoms with Crippen LogP contribution in [0.4, 0.5) is 8.78 Å². The second-order valence-corrected chi connectivity index (χ2v) is 7.27. The molecule has 2 rings (SSSR count). The average molecular weight is 355 g/mol. The summed E-state index contributed by atoms with van der Waals surface area (Å²) in [6.45, 7) is -0.922. The number of sulfonamides is 1. The van der Waals surface area contributed by atoms with Crippen molar-refractivity contribution in [1.29, 1.82) is 0 Å². The molecular formula is C17H19F2NO3S. The van der Waals surface area contributed by atoms with Crippen LogP contribution in [0.25, 0.3) is 0 Å². The number of hydrogen-bond donors (Lipinski definition) is 0. The fourth-order valence-electron chi connectivity index (χ4n) is 2.25. The van der Waals surface area contributed by atoms with Crippen LogP contribution < -0.4 is 4.74 Å². The normalized spacial score (nSPS) is 11.9. The van der Waals surface area contributed by atoms with Crippen molar-refractivity contribution in [2.75, 3.05) is 7.05 Å². The molecule has 0 aliphatic heterocycles. The SMILES string of the molecule is CCc1ccc(CN(C)S(=O)(=O)c2ccccc2OC(F)F)cc1. The van der Waals surface area contributed by atoms with Crippen LogP contribution in [0.1, 0.15) is 18.1 Å². The van der Waals surface area contributed by atoms with Gasteiger partial charge in [-0.2, -0.15) is 13.1 Å². The lowest BCUT2D eigenvalue weighted by molar-refractivity contribution is -0.0517. The van der Waals surface area contributed by atoms with E-state index >= 15 is 0 Å². The number of aryl methyl sites for hydroxylation is 1. The van der Waals surface area contributed by atoms with E-state index in [2.05, 4.69) is 4.74 Å². The van der Waals surface area contributed by atoms with Gasteiger partial charge in [0.15, 0.2) is 0 Å². The van der Waals surface area contributed by atoms with E-state index in [0.717, 1.165) is 21.9 Å². The highest BCUT2D eigenvalue weighted by molar-refractivity contribution is 7.89. The van der Waals surface area contributed by atoms with Crippen LogP contribution in [-0.2, 0) is 23.0 Å². The van der Waals surface area contributed by atoms with Crippen molar-refractivity contribution in [3.8, 4) is 5.75 Å². The molecule has 0 unspecified atom stereocenters. The lowest BCUT2D eigenvalue weighted by atomic mass is 10.1. The summed E-state index contributed by atoms with van der Waals surface area (Å²) in [6.07, 6.45) is 0.896. The summed E-state index contributed by atoms with van der Waals surface area (Å²) in [5, 5.41) is 0. The third-order valence-electron chi connectivity index (χ3n) is 3.59. The predicted molar refractivity (Wildman–Crippen MR) is 87.5 cm³/mol. The van der Waals surface area contributed by atoms with Crippen molar-refractivity contribution in [2.45, 2.75) is 31.4 Å². The van der Waals surface area contributed by atoms with E-state index in [1.807, 2.05) is 31.2 Å². The lowest BCUT2D eigenvalue weighted by Gasteiger charge is -2.19. The second-order valence-electron chi connectivity index (χ2n) is 5.26. The number of benzene rings is 2. The van der Waals surface area contributed by atoms with E-state index in [0.29, 0.717) is 0 Å². The Morgan fingerprint density at radius 2 is 1.62 bits per heavy atom. The Bertz CT molecular complexity index is 777. The summed E-state index contributed by atoms with van der Waals surface area (Å²) in [6, 6.07) is 13.0. The van der Waals surface area contributed by atoms with Crippen LogP contribution in [0.2, 0.25) is 0 Å². The molecule has 0 aromatic heterocycles. The highest BCUT2D eigenvalue weighted by Gasteiger charge is 2.25. The van der Waals surface area contributed by atoms with Crippen molar-refractivity contribution < 1.29 is 21.9 Å². The van der Waals surface area contributed by atoms with Crippen molar-refractivity contribution in [2.24, 2.45) is 0 Å². The van der Waals surface area contributed by atoms with Gasteiger partial charge >= 0.3 is 6.61 Å². The molecule has 4 nitrogen and oxygen atoms in total. The Balaban J connectivity index is 2.25. The highest BCUT2D eigenvalue weighted by Crippen LogP contribution is 2.28. The van der Waals surface area contributed by atoms with Gasteiger partial charge in [-0.3, -0.25) is 0 Å². The minimum atomic E-state index is -3.95. The molecule has 0 heterocycles. The molecule has 130 valence electrons. The molecule has 0 saturated heterocycles. The third kappa shape index (κ3) is 4.30. The molecule has 0 amide bonds. The Morgan fingerprint density at radius 1 is 1.04 bits per heavy atom. The fraction of sp³-hybridized carbons (Fsp3) is 0.294. The van der Waals surface area contributed by atoms with E-state index in [1.54, 1.807) is 0 Å². The van der Waals surface area contributed by atoms with Crippen LogP contribution in [-0.4, -0.2) is 26.4 Å². The van der Waals surface area contributed by atoms with Crippen molar-refractivity contribution >= 4 is 10.0 Å². The van der Waals surface area contributed by atoms with Gasteiger partial charge < -0.3 is 4.74 Å². The first-order valence-electron chi connectivity index (χ1n) is 7.42. The van der Waals surface area contributed by atoms with E-state index in [4.69, 9.17) is 0 Å². The summed E-state index contributed by atoms with van der Waals surface area (Å²) >= 11 is 0. The number of alkyl halides is 2. The molecule has 7 heteroatoms. The number of halogens is 2. The summed E-state index contributed by atoms with van der Waals surface area (Å²) < 4.78 is 55.7. The minimum absolute atomic E-state index is 0.134. The monoisotopic (exact) mass is 355 g/mol. The molecule has 0 N–H and O–H groups in total. The summed E-state index contributed by atoms with van der Waals surface area (Å²) in [4.78, 5) is -0.280. The molecule has 2 aromatic carbocycles. The molecule has 0 aliphatic carbocycles. The zero-order valence-electron chi connectivity index (χ0n) is 13.4. The fourth-order valence-corrected chi connectivity index (χ4v) is 3.52. The van der Waals surface area contributed by atoms with Gasteiger partial charge in [-0.15, -0.1) is 0 Å². The number of nitrogens with zero attached hydrogens (tertiary/aromatic N) is 1. The van der Waals surface area contributed by atoms with Gasteiger partial charge in [0.25, 0.3) is 0 Å². The van der Waals surface area contributed by atoms with E-state index in [1.165, 1.54) is 31.3 Å². The Hall–Kier alpha value is -1.99. The van der Waals surface area contributed by atoms with Crippen LogP contribution in [0.5, 0.6) is 5.75 Å². The number of hydrogen-bond acceptors (Lipinski definition) is 3. The first kappa shape index (κ1) is 18.4. The zero-order valence-corrected chi connectivity index (χ0v) is 14.3. The average Bonchev–Trinajstić information content (AvgIpc) is 2.55. The maximum atomic E-state index is 12.7. The molecule has 0 spiro atoms. The summed E-state index contributed by atoms with van der Waals surface area (Å²) in [7, 11) is -2.55. The van der Waals surface area contributed by atoms with Crippen LogP contribution in [0.3, 0.4) is 0 Å². The first-order valence-corrected chi connectivity index (χ1v) is 8.86. The smallest absolute Gasteiger partial charge is 0.387 e. The van der Waals surface area contributed by atoms with Gasteiger partial charge in [0, 0.05) is 13.6 Å². The number of ether oxygens (including phenoxy) is 1. The molecule has 0 fully saturated rings. The molecule has 2 aromatic rings. The molecule has 0 atom stereocenters. The zero-order chi connectivity index (χ0) is 17.7. The van der Waals surface area contributed by atoms with E-state index < -0.39 is 16.6 Å². The largest absolute Gasteiger partial charge is 0.433 e. The maximum absolute atomic E-state index is 12.7. The maximum Gasteiger partial charge on any atom is 0.387 e. The van der Waals surface area contributed by atoms with Crippen molar-refractivity contribution in [3.63, 3.8) is 0 Å². The first-order chi connectivity index (χ1) is 11.3. The van der Waals surface area contributed by atoms with Gasteiger partial charge in [0.1, 0.15) is 10.6 Å². The quantitative estimate of drug-likeness (QED) is 0.761. The highest BCUT2D eigenvalue weighted by atomic mass is 32.2. The van der Waals surface area contributed by atoms with Gasteiger partial charge in [-0.25, -0.2) is 8.42 Å². The Kier molecular flexibility index (Phi) is 5.90. The predicted octanol–water partition coefficient (Wildman–Crippen LogP) is 3.67. The molecule has 24 heavy (non-hydrogen) atoms. The molecule has 0 radical (unpaired) electrons. The van der Waals surface area contributed by atoms with Crippen molar-refractivity contribution in [3.05, 3.63) is 59.7 Å². The number of rotatable bonds is 7. The second kappa shape index (κ2) is 7.72. The van der Waals surface area contributed by atoms with E-state index in [-0.39, 0.29) is 17.2 Å². The van der Waals surface area contributed by atoms with Crippen LogP contribution in [0, 0.1) is 0 Å². The summed E-state index contributed by atoms with van der Waals surface area (Å²) in [5.41, 5.74) is 1.96. The standard InChI is InChI=1S/C17H19F2NO3S/c1-3-13-8-10-14(11-9-13)12-20(2)24(21,22)16-7-5-4-6-15(16)23-17(18)19/h4-11,17H,3,12H2,1-2H3. The Labute approximate surface area is 140 Å². The van der Waals surface area contributed by atoms with Crippen LogP contribution in [0.15, 0.2) is 53.4 Å². The van der Waals surface area contributed by atoms with Crippen LogP contribution >= 0.6 is 0 Å².